The molecule has 1 aliphatic rings. The molecule has 0 aromatic rings. The van der Waals surface area contributed by atoms with Gasteiger partial charge in [0.2, 0.25) is 0 Å². The van der Waals surface area contributed by atoms with E-state index in [9.17, 15) is 9.36 Å². The maximum Gasteiger partial charge on any atom is 0.341 e. The molecule has 1 rings (SSSR count). The lowest BCUT2D eigenvalue weighted by molar-refractivity contribution is -0.140. The van der Waals surface area contributed by atoms with Crippen molar-refractivity contribution in [1.82, 2.24) is 0 Å². The molecule has 0 radical (unpaired) electrons. The summed E-state index contributed by atoms with van der Waals surface area (Å²) in [5.41, 5.74) is -0.150. The summed E-state index contributed by atoms with van der Waals surface area (Å²) in [6.45, 7) is 6.53. The molecule has 15 heavy (non-hydrogen) atoms. The summed E-state index contributed by atoms with van der Waals surface area (Å²) in [6, 6.07) is 0. The van der Waals surface area contributed by atoms with Crippen molar-refractivity contribution in [2.45, 2.75) is 20.8 Å². The topological polar surface area (TPSA) is 61.8 Å². The largest absolute Gasteiger partial charge is 0.466 e. The van der Waals surface area contributed by atoms with Crippen molar-refractivity contribution in [3.8, 4) is 0 Å². The highest BCUT2D eigenvalue weighted by Gasteiger charge is 2.38. The molecule has 5 nitrogen and oxygen atoms in total. The molecule has 88 valence electrons. The Labute approximate surface area is 89.6 Å². The Hall–Kier alpha value is -0.380. The predicted octanol–water partition coefficient (Wildman–Crippen LogP) is 1.82. The van der Waals surface area contributed by atoms with Gasteiger partial charge in [0.25, 0.3) is 0 Å². The summed E-state index contributed by atoms with van der Waals surface area (Å²) in [6.07, 6.45) is -0.295. The van der Waals surface area contributed by atoms with Crippen molar-refractivity contribution < 1.29 is 23.1 Å². The second kappa shape index (κ2) is 4.64. The van der Waals surface area contributed by atoms with Crippen molar-refractivity contribution in [3.63, 3.8) is 0 Å². The van der Waals surface area contributed by atoms with Crippen LogP contribution in [0.3, 0.4) is 0 Å². The first-order chi connectivity index (χ1) is 6.87. The molecule has 0 aromatic heterocycles. The minimum Gasteiger partial charge on any atom is -0.466 e. The Morgan fingerprint density at radius 1 is 1.40 bits per heavy atom. The number of rotatable bonds is 3. The third-order valence-corrected chi connectivity index (χ3v) is 3.62. The fraction of sp³-hybridized carbons (Fsp3) is 0.889. The summed E-state index contributed by atoms with van der Waals surface area (Å²) in [7, 11) is -3.25. The van der Waals surface area contributed by atoms with Crippen LogP contribution in [0.5, 0.6) is 0 Å². The maximum absolute atomic E-state index is 11.9. The first-order valence-electron chi connectivity index (χ1n) is 4.91. The first kappa shape index (κ1) is 12.7. The van der Waals surface area contributed by atoms with Crippen LogP contribution in [0.2, 0.25) is 0 Å². The maximum atomic E-state index is 11.9. The lowest BCUT2D eigenvalue weighted by Gasteiger charge is -2.33. The highest BCUT2D eigenvalue weighted by Crippen LogP contribution is 2.53. The van der Waals surface area contributed by atoms with Crippen LogP contribution in [0.4, 0.5) is 0 Å². The van der Waals surface area contributed by atoms with Crippen LogP contribution in [0.15, 0.2) is 0 Å². The zero-order chi connectivity index (χ0) is 11.5. The molecule has 0 atom stereocenters. The summed E-state index contributed by atoms with van der Waals surface area (Å²) < 4.78 is 26.8. The van der Waals surface area contributed by atoms with E-state index in [0.29, 0.717) is 13.2 Å². The molecule has 0 amide bonds. The molecule has 0 saturated carbocycles. The lowest BCUT2D eigenvalue weighted by atomic mass is 9.97. The van der Waals surface area contributed by atoms with E-state index in [-0.39, 0.29) is 18.2 Å². The van der Waals surface area contributed by atoms with E-state index < -0.39 is 13.6 Å². The Kier molecular flexibility index (Phi) is 3.93. The van der Waals surface area contributed by atoms with Crippen molar-refractivity contribution in [3.05, 3.63) is 0 Å². The van der Waals surface area contributed by atoms with Crippen molar-refractivity contribution in [2.24, 2.45) is 5.41 Å². The SMILES string of the molecule is CCOC(=O)CP1(=O)OCC(C)(C)CO1. The van der Waals surface area contributed by atoms with Crippen molar-refractivity contribution in [2.75, 3.05) is 26.0 Å². The quantitative estimate of drug-likeness (QED) is 0.552. The van der Waals surface area contributed by atoms with Crippen molar-refractivity contribution >= 4 is 13.6 Å². The van der Waals surface area contributed by atoms with Crippen LogP contribution in [0.25, 0.3) is 0 Å². The molecule has 1 saturated heterocycles. The number of hydrogen-bond acceptors (Lipinski definition) is 5. The Morgan fingerprint density at radius 3 is 2.40 bits per heavy atom. The Balaban J connectivity index is 2.49. The zero-order valence-electron chi connectivity index (χ0n) is 9.32. The minimum absolute atomic E-state index is 0.150. The molecule has 1 aliphatic heterocycles. The smallest absolute Gasteiger partial charge is 0.341 e. The molecular weight excluding hydrogens is 219 g/mol. The normalized spacial score (nSPS) is 23.4. The molecule has 1 heterocycles. The molecule has 0 N–H and O–H groups in total. The van der Waals surface area contributed by atoms with Crippen LogP contribution in [-0.2, 0) is 23.1 Å². The van der Waals surface area contributed by atoms with E-state index in [1.54, 1.807) is 6.92 Å². The van der Waals surface area contributed by atoms with Crippen LogP contribution in [0.1, 0.15) is 20.8 Å². The molecule has 0 aromatic carbocycles. The van der Waals surface area contributed by atoms with E-state index in [1.807, 2.05) is 13.8 Å². The van der Waals surface area contributed by atoms with Gasteiger partial charge in [0, 0.05) is 5.41 Å². The summed E-state index contributed by atoms with van der Waals surface area (Å²) in [4.78, 5) is 11.1. The van der Waals surface area contributed by atoms with Gasteiger partial charge in [-0.05, 0) is 6.92 Å². The van der Waals surface area contributed by atoms with Gasteiger partial charge in [-0.25, -0.2) is 0 Å². The highest BCUT2D eigenvalue weighted by molar-refractivity contribution is 7.54. The molecule has 1 fully saturated rings. The number of esters is 1. The highest BCUT2D eigenvalue weighted by atomic mass is 31.2. The van der Waals surface area contributed by atoms with Gasteiger partial charge < -0.3 is 13.8 Å². The van der Waals surface area contributed by atoms with E-state index >= 15 is 0 Å². The van der Waals surface area contributed by atoms with Gasteiger partial charge in [0.05, 0.1) is 19.8 Å². The molecule has 6 heteroatoms. The van der Waals surface area contributed by atoms with Crippen LogP contribution in [0, 0.1) is 5.41 Å². The summed E-state index contributed by atoms with van der Waals surface area (Å²) in [5, 5.41) is 0. The van der Waals surface area contributed by atoms with Gasteiger partial charge in [0.15, 0.2) is 0 Å². The monoisotopic (exact) mass is 236 g/mol. The second-order valence-corrected chi connectivity index (χ2v) is 6.34. The zero-order valence-corrected chi connectivity index (χ0v) is 10.2. The van der Waals surface area contributed by atoms with Crippen molar-refractivity contribution in [1.29, 1.82) is 0 Å². The Bertz CT molecular complexity index is 272. The van der Waals surface area contributed by atoms with E-state index in [0.717, 1.165) is 0 Å². The van der Waals surface area contributed by atoms with Crippen LogP contribution in [-0.4, -0.2) is 32.0 Å². The lowest BCUT2D eigenvalue weighted by Crippen LogP contribution is -2.31. The van der Waals surface area contributed by atoms with Gasteiger partial charge in [-0.2, -0.15) is 0 Å². The molecule has 0 aliphatic carbocycles. The number of hydrogen-bond donors (Lipinski definition) is 0. The second-order valence-electron chi connectivity index (χ2n) is 4.29. The van der Waals surface area contributed by atoms with Gasteiger partial charge in [0.1, 0.15) is 6.16 Å². The van der Waals surface area contributed by atoms with Gasteiger partial charge >= 0.3 is 13.6 Å². The average Bonchev–Trinajstić information content (AvgIpc) is 2.12. The fourth-order valence-corrected chi connectivity index (χ4v) is 2.84. The third-order valence-electron chi connectivity index (χ3n) is 1.93. The van der Waals surface area contributed by atoms with Gasteiger partial charge in [-0.15, -0.1) is 0 Å². The number of carbonyl (C=O) groups is 1. The summed E-state index contributed by atoms with van der Waals surface area (Å²) >= 11 is 0. The van der Waals surface area contributed by atoms with E-state index in [1.165, 1.54) is 0 Å². The van der Waals surface area contributed by atoms with E-state index in [2.05, 4.69) is 0 Å². The number of carbonyl (C=O) groups excluding carboxylic acids is 1. The molecule has 0 spiro atoms. The van der Waals surface area contributed by atoms with Crippen LogP contribution < -0.4 is 0 Å². The summed E-state index contributed by atoms with van der Waals surface area (Å²) in [5.74, 6) is -0.541. The van der Waals surface area contributed by atoms with Crippen LogP contribution >= 0.6 is 7.60 Å². The van der Waals surface area contributed by atoms with Gasteiger partial charge in [-0.1, -0.05) is 13.8 Å². The standard InChI is InChI=1S/C9H17O5P/c1-4-12-8(10)5-15(11)13-6-9(2,3)7-14-15/h4-7H2,1-3H3. The molecular formula is C9H17O5P. The number of ether oxygens (including phenoxy) is 1. The molecule has 0 bridgehead atoms. The average molecular weight is 236 g/mol. The Morgan fingerprint density at radius 2 is 1.93 bits per heavy atom. The first-order valence-corrected chi connectivity index (χ1v) is 6.63. The fourth-order valence-electron chi connectivity index (χ4n) is 1.08. The van der Waals surface area contributed by atoms with Gasteiger partial charge in [-0.3, -0.25) is 9.36 Å². The molecule has 0 unspecified atom stereocenters. The predicted molar refractivity (Wildman–Crippen MR) is 54.8 cm³/mol. The minimum atomic E-state index is -3.25. The third kappa shape index (κ3) is 3.93. The van der Waals surface area contributed by atoms with E-state index in [4.69, 9.17) is 13.8 Å².